The summed E-state index contributed by atoms with van der Waals surface area (Å²) in [7, 11) is 0. The number of rotatable bonds is 3. The molecule has 5 rings (SSSR count). The summed E-state index contributed by atoms with van der Waals surface area (Å²) < 4.78 is 26.2. The van der Waals surface area contributed by atoms with Crippen molar-refractivity contribution in [1.29, 1.82) is 0 Å². The number of nitrogens with one attached hydrogen (secondary N) is 1. The zero-order valence-electron chi connectivity index (χ0n) is 16.7. The SMILES string of the molecule is C[C@]12CCN(C1)c1ccc(-c3ccnc(C(F)F)c3)nc1N2C(=O)Nc1cnccn1. The van der Waals surface area contributed by atoms with Gasteiger partial charge in [0.2, 0.25) is 0 Å². The van der Waals surface area contributed by atoms with E-state index in [0.29, 0.717) is 29.4 Å². The fraction of sp³-hybridized carbons (Fsp3) is 0.286. The summed E-state index contributed by atoms with van der Waals surface area (Å²) in [6.45, 7) is 3.49. The number of aromatic nitrogens is 4. The molecule has 158 valence electrons. The Labute approximate surface area is 177 Å². The molecule has 3 aromatic rings. The minimum Gasteiger partial charge on any atom is -0.366 e. The van der Waals surface area contributed by atoms with E-state index in [1.165, 1.54) is 30.9 Å². The van der Waals surface area contributed by atoms with Gasteiger partial charge in [0.25, 0.3) is 6.43 Å². The van der Waals surface area contributed by atoms with Crippen LogP contribution in [-0.2, 0) is 0 Å². The molecule has 2 bridgehead atoms. The molecule has 31 heavy (non-hydrogen) atoms. The minimum atomic E-state index is -2.67. The second kappa shape index (κ2) is 7.22. The zero-order chi connectivity index (χ0) is 21.6. The van der Waals surface area contributed by atoms with Crippen LogP contribution in [0, 0.1) is 0 Å². The molecule has 3 aromatic heterocycles. The number of amides is 2. The van der Waals surface area contributed by atoms with Gasteiger partial charge in [-0.2, -0.15) is 0 Å². The van der Waals surface area contributed by atoms with Crippen LogP contribution in [0.1, 0.15) is 25.5 Å². The molecule has 0 aromatic carbocycles. The topological polar surface area (TPSA) is 87.1 Å². The number of hydrogen-bond donors (Lipinski definition) is 1. The van der Waals surface area contributed by atoms with Gasteiger partial charge in [-0.15, -0.1) is 0 Å². The maximum absolute atomic E-state index is 13.3. The number of fused-ring (bicyclic) bond motifs is 4. The van der Waals surface area contributed by atoms with Gasteiger partial charge in [-0.05, 0) is 37.6 Å². The van der Waals surface area contributed by atoms with E-state index in [-0.39, 0.29) is 11.7 Å². The average Bonchev–Trinajstić information content (AvgIpc) is 3.11. The molecule has 0 radical (unpaired) electrons. The third-order valence-electron chi connectivity index (χ3n) is 5.70. The first-order valence-corrected chi connectivity index (χ1v) is 9.82. The van der Waals surface area contributed by atoms with Crippen LogP contribution in [0.5, 0.6) is 0 Å². The molecule has 1 atom stereocenters. The molecule has 0 saturated carbocycles. The number of pyridine rings is 2. The lowest BCUT2D eigenvalue weighted by Gasteiger charge is -2.42. The van der Waals surface area contributed by atoms with E-state index in [1.807, 2.05) is 13.0 Å². The standard InChI is InChI=1S/C21H19F2N7O/c1-21-5-9-29(12-21)16-3-2-14(13-4-6-25-15(10-13)18(22)23)27-19(16)30(21)20(31)28-17-11-24-7-8-26-17/h2-4,6-8,10-11,18H,5,9,12H2,1H3,(H,26,28,31)/t21-/m0/s1. The van der Waals surface area contributed by atoms with Crippen LogP contribution in [0.15, 0.2) is 49.1 Å². The molecule has 5 heterocycles. The molecule has 8 nitrogen and oxygen atoms in total. The summed E-state index contributed by atoms with van der Waals surface area (Å²) in [5, 5.41) is 2.79. The summed E-state index contributed by atoms with van der Waals surface area (Å²) in [4.78, 5) is 33.7. The highest BCUT2D eigenvalue weighted by atomic mass is 19.3. The third kappa shape index (κ3) is 3.33. The number of urea groups is 1. The summed E-state index contributed by atoms with van der Waals surface area (Å²) in [6.07, 6.45) is 3.94. The second-order valence-electron chi connectivity index (χ2n) is 7.83. The van der Waals surface area contributed by atoms with Crippen molar-refractivity contribution in [2.75, 3.05) is 28.2 Å². The van der Waals surface area contributed by atoms with Crippen molar-refractivity contribution in [1.82, 2.24) is 19.9 Å². The van der Waals surface area contributed by atoms with E-state index in [1.54, 1.807) is 17.0 Å². The molecular weight excluding hydrogens is 404 g/mol. The van der Waals surface area contributed by atoms with E-state index >= 15 is 0 Å². The lowest BCUT2D eigenvalue weighted by molar-refractivity contribution is 0.146. The third-order valence-corrected chi connectivity index (χ3v) is 5.70. The molecule has 1 fully saturated rings. The van der Waals surface area contributed by atoms with E-state index in [4.69, 9.17) is 4.98 Å². The lowest BCUT2D eigenvalue weighted by atomic mass is 9.97. The van der Waals surface area contributed by atoms with E-state index in [9.17, 15) is 13.6 Å². The maximum Gasteiger partial charge on any atom is 0.329 e. The van der Waals surface area contributed by atoms with Gasteiger partial charge in [0.1, 0.15) is 5.69 Å². The smallest absolute Gasteiger partial charge is 0.329 e. The first-order valence-electron chi connectivity index (χ1n) is 9.82. The van der Waals surface area contributed by atoms with Gasteiger partial charge in [-0.25, -0.2) is 23.5 Å². The predicted molar refractivity (Wildman–Crippen MR) is 111 cm³/mol. The van der Waals surface area contributed by atoms with Crippen molar-refractivity contribution in [3.8, 4) is 11.3 Å². The predicted octanol–water partition coefficient (Wildman–Crippen LogP) is 3.89. The number of anilines is 3. The Hall–Kier alpha value is -3.69. The van der Waals surface area contributed by atoms with Crippen molar-refractivity contribution >= 4 is 23.4 Å². The lowest BCUT2D eigenvalue weighted by Crippen LogP contribution is -2.56. The quantitative estimate of drug-likeness (QED) is 0.688. The Bertz CT molecular complexity index is 1140. The van der Waals surface area contributed by atoms with Crippen molar-refractivity contribution in [2.45, 2.75) is 25.3 Å². The first kappa shape index (κ1) is 19.3. The van der Waals surface area contributed by atoms with Gasteiger partial charge in [0.15, 0.2) is 11.6 Å². The number of halogens is 2. The molecular formula is C21H19F2N7O. The fourth-order valence-corrected chi connectivity index (χ4v) is 4.20. The minimum absolute atomic E-state index is 0.315. The van der Waals surface area contributed by atoms with Crippen LogP contribution in [0.25, 0.3) is 11.3 Å². The molecule has 1 saturated heterocycles. The van der Waals surface area contributed by atoms with Crippen LogP contribution < -0.4 is 15.1 Å². The number of alkyl halides is 2. The Morgan fingerprint density at radius 2 is 2.06 bits per heavy atom. The highest BCUT2D eigenvalue weighted by Gasteiger charge is 2.48. The Balaban J connectivity index is 1.57. The molecule has 2 aliphatic heterocycles. The number of carbonyl (C=O) groups excluding carboxylic acids is 1. The molecule has 2 aliphatic rings. The average molecular weight is 423 g/mol. The highest BCUT2D eigenvalue weighted by molar-refractivity contribution is 6.05. The molecule has 10 heteroatoms. The van der Waals surface area contributed by atoms with Gasteiger partial charge in [0, 0.05) is 37.2 Å². The van der Waals surface area contributed by atoms with Crippen LogP contribution in [0.3, 0.4) is 0 Å². The van der Waals surface area contributed by atoms with Gasteiger partial charge in [-0.3, -0.25) is 20.2 Å². The maximum atomic E-state index is 13.3. The van der Waals surface area contributed by atoms with Gasteiger partial charge < -0.3 is 4.90 Å². The summed E-state index contributed by atoms with van der Waals surface area (Å²) in [5.74, 6) is 0.825. The molecule has 0 unspecified atom stereocenters. The molecule has 2 amide bonds. The van der Waals surface area contributed by atoms with Crippen molar-refractivity contribution in [3.05, 3.63) is 54.7 Å². The summed E-state index contributed by atoms with van der Waals surface area (Å²) in [6, 6.07) is 6.25. The summed E-state index contributed by atoms with van der Waals surface area (Å²) in [5.41, 5.74) is 1.06. The van der Waals surface area contributed by atoms with Gasteiger partial charge in [0.05, 0.1) is 23.1 Å². The van der Waals surface area contributed by atoms with Crippen LogP contribution in [0.2, 0.25) is 0 Å². The number of hydrogen-bond acceptors (Lipinski definition) is 6. The monoisotopic (exact) mass is 423 g/mol. The van der Waals surface area contributed by atoms with Crippen LogP contribution in [-0.4, -0.2) is 44.6 Å². The Morgan fingerprint density at radius 1 is 1.19 bits per heavy atom. The number of nitrogens with zero attached hydrogens (tertiary/aromatic N) is 6. The van der Waals surface area contributed by atoms with Crippen LogP contribution >= 0.6 is 0 Å². The first-order chi connectivity index (χ1) is 14.9. The second-order valence-corrected chi connectivity index (χ2v) is 7.83. The van der Waals surface area contributed by atoms with Crippen molar-refractivity contribution < 1.29 is 13.6 Å². The van der Waals surface area contributed by atoms with Gasteiger partial charge >= 0.3 is 6.03 Å². The largest absolute Gasteiger partial charge is 0.366 e. The normalized spacial score (nSPS) is 19.5. The van der Waals surface area contributed by atoms with Crippen molar-refractivity contribution in [3.63, 3.8) is 0 Å². The summed E-state index contributed by atoms with van der Waals surface area (Å²) >= 11 is 0. The zero-order valence-corrected chi connectivity index (χ0v) is 16.7. The van der Waals surface area contributed by atoms with E-state index < -0.39 is 12.0 Å². The molecule has 1 N–H and O–H groups in total. The van der Waals surface area contributed by atoms with E-state index in [2.05, 4.69) is 25.2 Å². The Kier molecular flexibility index (Phi) is 4.49. The van der Waals surface area contributed by atoms with Crippen LogP contribution in [0.4, 0.5) is 30.9 Å². The molecule has 0 aliphatic carbocycles. The Morgan fingerprint density at radius 3 is 2.84 bits per heavy atom. The van der Waals surface area contributed by atoms with E-state index in [0.717, 1.165) is 18.7 Å². The van der Waals surface area contributed by atoms with Gasteiger partial charge in [-0.1, -0.05) is 0 Å². The fourth-order valence-electron chi connectivity index (χ4n) is 4.20. The highest BCUT2D eigenvalue weighted by Crippen LogP contribution is 2.45. The molecule has 0 spiro atoms. The number of carbonyl (C=O) groups is 1. The van der Waals surface area contributed by atoms with Crippen molar-refractivity contribution in [2.24, 2.45) is 0 Å².